The Morgan fingerprint density at radius 3 is 2.78 bits per heavy atom. The molecule has 1 aliphatic rings. The number of ether oxygens (including phenoxy) is 1. The molecule has 0 radical (unpaired) electrons. The van der Waals surface area contributed by atoms with Gasteiger partial charge in [-0.1, -0.05) is 29.8 Å². The molecule has 0 aromatic heterocycles. The van der Waals surface area contributed by atoms with Crippen LogP contribution in [0.25, 0.3) is 0 Å². The summed E-state index contributed by atoms with van der Waals surface area (Å²) in [5.41, 5.74) is 5.11. The van der Waals surface area contributed by atoms with E-state index in [9.17, 15) is 5.11 Å². The Balaban J connectivity index is 2.42. The number of aliphatic hydroxyl groups is 1. The molecule has 100 valence electrons. The summed E-state index contributed by atoms with van der Waals surface area (Å²) in [4.78, 5) is 0. The molecule has 4 heteroatoms. The molecule has 0 saturated carbocycles. The zero-order valence-electron chi connectivity index (χ0n) is 10.7. The van der Waals surface area contributed by atoms with Crippen LogP contribution in [0.4, 0.5) is 0 Å². The van der Waals surface area contributed by atoms with Gasteiger partial charge < -0.3 is 15.6 Å². The summed E-state index contributed by atoms with van der Waals surface area (Å²) < 4.78 is 5.54. The van der Waals surface area contributed by atoms with Crippen LogP contribution in [0, 0.1) is 5.41 Å². The van der Waals surface area contributed by atoms with E-state index in [1.807, 2.05) is 18.2 Å². The van der Waals surface area contributed by atoms with Crippen LogP contribution in [0.3, 0.4) is 0 Å². The second-order valence-electron chi connectivity index (χ2n) is 5.19. The molecule has 2 rings (SSSR count). The third-order valence-electron chi connectivity index (χ3n) is 4.14. The van der Waals surface area contributed by atoms with Crippen molar-refractivity contribution in [1.82, 2.24) is 0 Å². The van der Waals surface area contributed by atoms with Crippen LogP contribution in [0.5, 0.6) is 0 Å². The average Bonchev–Trinajstić information content (AvgIpc) is 2.39. The van der Waals surface area contributed by atoms with Gasteiger partial charge in [-0.2, -0.15) is 0 Å². The molecule has 0 amide bonds. The van der Waals surface area contributed by atoms with E-state index in [1.165, 1.54) is 0 Å². The highest BCUT2D eigenvalue weighted by atomic mass is 35.5. The predicted molar refractivity (Wildman–Crippen MR) is 72.6 cm³/mol. The smallest absolute Gasteiger partial charge is 0.0972 e. The second kappa shape index (κ2) is 5.17. The topological polar surface area (TPSA) is 55.5 Å². The van der Waals surface area contributed by atoms with Crippen LogP contribution in [-0.2, 0) is 10.3 Å². The quantitative estimate of drug-likeness (QED) is 0.885. The largest absolute Gasteiger partial charge is 0.385 e. The summed E-state index contributed by atoms with van der Waals surface area (Å²) in [5, 5.41) is 11.6. The molecule has 1 fully saturated rings. The highest BCUT2D eigenvalue weighted by Crippen LogP contribution is 2.46. The van der Waals surface area contributed by atoms with Gasteiger partial charge in [-0.15, -0.1) is 0 Å². The lowest BCUT2D eigenvalue weighted by molar-refractivity contribution is -0.139. The average molecular weight is 270 g/mol. The van der Waals surface area contributed by atoms with Gasteiger partial charge in [0.15, 0.2) is 0 Å². The molecule has 1 heterocycles. The Kier molecular flexibility index (Phi) is 3.97. The molecule has 18 heavy (non-hydrogen) atoms. The summed E-state index contributed by atoms with van der Waals surface area (Å²) >= 11 is 6.21. The van der Waals surface area contributed by atoms with Crippen LogP contribution in [0.1, 0.15) is 25.3 Å². The van der Waals surface area contributed by atoms with Gasteiger partial charge in [-0.25, -0.2) is 0 Å². The van der Waals surface area contributed by atoms with Crippen molar-refractivity contribution >= 4 is 11.6 Å². The van der Waals surface area contributed by atoms with Crippen LogP contribution in [0.2, 0.25) is 5.02 Å². The number of halogens is 1. The van der Waals surface area contributed by atoms with Crippen molar-refractivity contribution in [2.24, 2.45) is 11.1 Å². The van der Waals surface area contributed by atoms with Gasteiger partial charge in [0.1, 0.15) is 0 Å². The van der Waals surface area contributed by atoms with E-state index >= 15 is 0 Å². The fourth-order valence-electron chi connectivity index (χ4n) is 2.74. The number of hydrogen-bond donors (Lipinski definition) is 2. The summed E-state index contributed by atoms with van der Waals surface area (Å²) in [6.07, 6.45) is 1.76. The van der Waals surface area contributed by atoms with Crippen molar-refractivity contribution < 1.29 is 9.84 Å². The molecule has 1 aliphatic heterocycles. The molecule has 1 aromatic carbocycles. The first-order chi connectivity index (χ1) is 8.53. The Hall–Kier alpha value is -0.610. The third-order valence-corrected chi connectivity index (χ3v) is 4.47. The first kappa shape index (κ1) is 13.8. The SMILES string of the molecule is CC(O)(c1ccccc1Cl)C1(CN)CCCOC1. The van der Waals surface area contributed by atoms with Gasteiger partial charge >= 0.3 is 0 Å². The number of rotatable bonds is 3. The number of hydrogen-bond acceptors (Lipinski definition) is 3. The molecule has 3 N–H and O–H groups in total. The van der Waals surface area contributed by atoms with E-state index < -0.39 is 11.0 Å². The first-order valence-electron chi connectivity index (χ1n) is 6.29. The summed E-state index contributed by atoms with van der Waals surface area (Å²) in [5.74, 6) is 0. The monoisotopic (exact) mass is 269 g/mol. The Morgan fingerprint density at radius 1 is 1.50 bits per heavy atom. The van der Waals surface area contributed by atoms with Gasteiger partial charge in [0.2, 0.25) is 0 Å². The van der Waals surface area contributed by atoms with E-state index in [0.717, 1.165) is 25.0 Å². The van der Waals surface area contributed by atoms with Crippen molar-refractivity contribution in [3.05, 3.63) is 34.9 Å². The fraction of sp³-hybridized carbons (Fsp3) is 0.571. The maximum absolute atomic E-state index is 11.0. The number of nitrogens with two attached hydrogens (primary N) is 1. The molecular weight excluding hydrogens is 250 g/mol. The van der Waals surface area contributed by atoms with Crippen molar-refractivity contribution in [2.45, 2.75) is 25.4 Å². The van der Waals surface area contributed by atoms with Crippen molar-refractivity contribution in [3.63, 3.8) is 0 Å². The second-order valence-corrected chi connectivity index (χ2v) is 5.60. The third kappa shape index (κ3) is 2.16. The normalized spacial score (nSPS) is 27.8. The fourth-order valence-corrected chi connectivity index (χ4v) is 3.06. The molecular formula is C14H20ClNO2. The van der Waals surface area contributed by atoms with Crippen LogP contribution in [0.15, 0.2) is 24.3 Å². The van der Waals surface area contributed by atoms with E-state index in [-0.39, 0.29) is 0 Å². The molecule has 2 atom stereocenters. The zero-order valence-corrected chi connectivity index (χ0v) is 11.4. The van der Waals surface area contributed by atoms with E-state index in [0.29, 0.717) is 18.2 Å². The van der Waals surface area contributed by atoms with Crippen LogP contribution < -0.4 is 5.73 Å². The minimum atomic E-state index is -1.08. The standard InChI is InChI=1S/C14H20ClNO2/c1-13(17,11-5-2-3-6-12(11)15)14(9-16)7-4-8-18-10-14/h2-3,5-6,17H,4,7-10,16H2,1H3. The van der Waals surface area contributed by atoms with Crippen molar-refractivity contribution in [3.8, 4) is 0 Å². The molecule has 1 saturated heterocycles. The lowest BCUT2D eigenvalue weighted by Gasteiger charge is -2.47. The molecule has 1 aromatic rings. The Bertz CT molecular complexity index is 414. The zero-order chi connectivity index (χ0) is 13.2. The highest BCUT2D eigenvalue weighted by Gasteiger charge is 2.49. The van der Waals surface area contributed by atoms with Crippen LogP contribution in [-0.4, -0.2) is 24.9 Å². The van der Waals surface area contributed by atoms with Gasteiger partial charge in [0.05, 0.1) is 12.2 Å². The van der Waals surface area contributed by atoms with Crippen molar-refractivity contribution in [1.29, 1.82) is 0 Å². The maximum atomic E-state index is 11.0. The van der Waals surface area contributed by atoms with Crippen molar-refractivity contribution in [2.75, 3.05) is 19.8 Å². The summed E-state index contributed by atoms with van der Waals surface area (Å²) in [6, 6.07) is 7.38. The van der Waals surface area contributed by atoms with Gasteiger partial charge in [-0.3, -0.25) is 0 Å². The Labute approximate surface area is 113 Å². The molecule has 0 spiro atoms. The molecule has 0 bridgehead atoms. The first-order valence-corrected chi connectivity index (χ1v) is 6.66. The van der Waals surface area contributed by atoms with E-state index in [1.54, 1.807) is 13.0 Å². The molecule has 0 aliphatic carbocycles. The van der Waals surface area contributed by atoms with Gasteiger partial charge in [0.25, 0.3) is 0 Å². The predicted octanol–water partition coefficient (Wildman–Crippen LogP) is 2.30. The minimum Gasteiger partial charge on any atom is -0.385 e. The molecule has 3 nitrogen and oxygen atoms in total. The Morgan fingerprint density at radius 2 is 2.22 bits per heavy atom. The maximum Gasteiger partial charge on any atom is 0.0972 e. The lowest BCUT2D eigenvalue weighted by Crippen LogP contribution is -2.53. The lowest BCUT2D eigenvalue weighted by atomic mass is 9.66. The van der Waals surface area contributed by atoms with Gasteiger partial charge in [0, 0.05) is 29.2 Å². The highest BCUT2D eigenvalue weighted by molar-refractivity contribution is 6.31. The summed E-state index contributed by atoms with van der Waals surface area (Å²) in [6.45, 7) is 3.38. The summed E-state index contributed by atoms with van der Waals surface area (Å²) in [7, 11) is 0. The van der Waals surface area contributed by atoms with Crippen LogP contribution >= 0.6 is 11.6 Å². The van der Waals surface area contributed by atoms with E-state index in [4.69, 9.17) is 22.1 Å². The van der Waals surface area contributed by atoms with E-state index in [2.05, 4.69) is 0 Å². The van der Waals surface area contributed by atoms with Gasteiger partial charge in [-0.05, 0) is 25.8 Å². The minimum absolute atomic E-state index is 0.380. The molecule has 2 unspecified atom stereocenters. The number of benzene rings is 1.